The molecule has 2 bridgehead atoms. The van der Waals surface area contributed by atoms with Gasteiger partial charge in [-0.05, 0) is 12.1 Å². The number of nitrogens with one attached hydrogen (secondary N) is 1. The highest BCUT2D eigenvalue weighted by atomic mass is 32.1. The number of hydrogen-bond donors (Lipinski definition) is 2. The first-order valence-electron chi connectivity index (χ1n) is 6.78. The van der Waals surface area contributed by atoms with Gasteiger partial charge < -0.3 is 11.1 Å². The van der Waals surface area contributed by atoms with Gasteiger partial charge in [0.2, 0.25) is 0 Å². The molecule has 0 aromatic carbocycles. The number of nitrogens with two attached hydrogens (primary N) is 1. The second-order valence-electron chi connectivity index (χ2n) is 5.23. The van der Waals surface area contributed by atoms with Crippen LogP contribution in [0.3, 0.4) is 0 Å². The van der Waals surface area contributed by atoms with Crippen molar-refractivity contribution in [3.63, 3.8) is 0 Å². The lowest BCUT2D eigenvalue weighted by atomic mass is 10.1. The summed E-state index contributed by atoms with van der Waals surface area (Å²) in [6.07, 6.45) is 0. The zero-order chi connectivity index (χ0) is 14.1. The second kappa shape index (κ2) is 5.51. The Hall–Kier alpha value is -1.44. The number of thiophene rings is 1. The van der Waals surface area contributed by atoms with Gasteiger partial charge >= 0.3 is 0 Å². The Balaban J connectivity index is 1.55. The van der Waals surface area contributed by atoms with Crippen molar-refractivity contribution in [3.8, 4) is 0 Å². The van der Waals surface area contributed by atoms with Gasteiger partial charge in [0.05, 0.1) is 9.75 Å². The van der Waals surface area contributed by atoms with E-state index in [4.69, 9.17) is 5.73 Å². The molecule has 1 atom stereocenters. The van der Waals surface area contributed by atoms with Gasteiger partial charge in [-0.15, -0.1) is 11.3 Å². The van der Waals surface area contributed by atoms with E-state index < -0.39 is 5.91 Å². The Morgan fingerprint density at radius 3 is 2.50 bits per heavy atom. The minimum Gasteiger partial charge on any atom is -0.365 e. The van der Waals surface area contributed by atoms with Crippen LogP contribution in [0.4, 0.5) is 0 Å². The average Bonchev–Trinajstić information content (AvgIpc) is 2.96. The number of hydrogen-bond acceptors (Lipinski definition) is 5. The van der Waals surface area contributed by atoms with Gasteiger partial charge in [-0.2, -0.15) is 0 Å². The molecule has 4 heterocycles. The zero-order valence-electron chi connectivity index (χ0n) is 11.2. The summed E-state index contributed by atoms with van der Waals surface area (Å²) in [5.41, 5.74) is 5.19. The summed E-state index contributed by atoms with van der Waals surface area (Å²) in [4.78, 5) is 28.9. The molecule has 3 aliphatic rings. The molecule has 1 aromatic heterocycles. The van der Waals surface area contributed by atoms with Gasteiger partial charge in [0.15, 0.2) is 0 Å². The molecule has 3 fully saturated rings. The Morgan fingerprint density at radius 2 is 1.95 bits per heavy atom. The standard InChI is InChI=1S/C13H18N4O2S/c14-12(18)10-1-2-11(20-10)13(19)15-7-9-8-16-3-5-17(9)6-4-16/h1-2,9H,3-8H2,(H2,14,18)(H,15,19). The highest BCUT2D eigenvalue weighted by Crippen LogP contribution is 2.17. The van der Waals surface area contributed by atoms with Gasteiger partial charge in [0.25, 0.3) is 11.8 Å². The van der Waals surface area contributed by atoms with E-state index in [1.54, 1.807) is 12.1 Å². The summed E-state index contributed by atoms with van der Waals surface area (Å²) in [6, 6.07) is 3.65. The minimum absolute atomic E-state index is 0.125. The highest BCUT2D eigenvalue weighted by Gasteiger charge is 2.31. The number of carbonyl (C=O) groups excluding carboxylic acids is 2. The third kappa shape index (κ3) is 2.70. The van der Waals surface area contributed by atoms with Crippen LogP contribution in [0.25, 0.3) is 0 Å². The van der Waals surface area contributed by atoms with E-state index in [1.165, 1.54) is 0 Å². The minimum atomic E-state index is -0.488. The molecule has 0 aliphatic carbocycles. The van der Waals surface area contributed by atoms with E-state index in [0.29, 0.717) is 22.3 Å². The number of fused-ring (bicyclic) bond motifs is 3. The lowest BCUT2D eigenvalue weighted by Crippen LogP contribution is -2.63. The lowest BCUT2D eigenvalue weighted by Gasteiger charge is -2.47. The van der Waals surface area contributed by atoms with E-state index in [-0.39, 0.29) is 5.91 Å². The SMILES string of the molecule is NC(=O)c1ccc(C(=O)NCC2CN3CCN2CC3)s1. The molecular weight excluding hydrogens is 276 g/mol. The van der Waals surface area contributed by atoms with Crippen LogP contribution < -0.4 is 11.1 Å². The molecule has 0 radical (unpaired) electrons. The molecule has 0 saturated carbocycles. The monoisotopic (exact) mass is 294 g/mol. The van der Waals surface area contributed by atoms with Gasteiger partial charge in [-0.25, -0.2) is 0 Å². The molecule has 3 aliphatic heterocycles. The van der Waals surface area contributed by atoms with Crippen molar-refractivity contribution in [1.82, 2.24) is 15.1 Å². The number of rotatable bonds is 4. The summed E-state index contributed by atoms with van der Waals surface area (Å²) in [5, 5.41) is 2.96. The van der Waals surface area contributed by atoms with Crippen molar-refractivity contribution < 1.29 is 9.59 Å². The quantitative estimate of drug-likeness (QED) is 0.790. The maximum atomic E-state index is 12.0. The van der Waals surface area contributed by atoms with Crippen LogP contribution in [0.15, 0.2) is 12.1 Å². The fraction of sp³-hybridized carbons (Fsp3) is 0.538. The number of carbonyl (C=O) groups is 2. The summed E-state index contributed by atoms with van der Waals surface area (Å²) in [7, 11) is 0. The molecule has 108 valence electrons. The Bertz CT molecular complexity index is 522. The van der Waals surface area contributed by atoms with Crippen LogP contribution in [0.2, 0.25) is 0 Å². The first kappa shape index (κ1) is 13.5. The zero-order valence-corrected chi connectivity index (χ0v) is 12.0. The maximum Gasteiger partial charge on any atom is 0.261 e. The second-order valence-corrected chi connectivity index (χ2v) is 6.31. The molecule has 3 saturated heterocycles. The lowest BCUT2D eigenvalue weighted by molar-refractivity contribution is 0.0138. The summed E-state index contributed by atoms with van der Waals surface area (Å²) < 4.78 is 0. The van der Waals surface area contributed by atoms with Gasteiger partial charge in [0, 0.05) is 45.3 Å². The molecule has 1 aromatic rings. The molecule has 20 heavy (non-hydrogen) atoms. The van der Waals surface area contributed by atoms with E-state index in [1.807, 2.05) is 0 Å². The van der Waals surface area contributed by atoms with Crippen LogP contribution in [-0.2, 0) is 0 Å². The van der Waals surface area contributed by atoms with E-state index in [9.17, 15) is 9.59 Å². The van der Waals surface area contributed by atoms with E-state index in [2.05, 4.69) is 15.1 Å². The third-order valence-electron chi connectivity index (χ3n) is 3.96. The number of nitrogens with zero attached hydrogens (tertiary/aromatic N) is 2. The van der Waals surface area contributed by atoms with Crippen molar-refractivity contribution in [3.05, 3.63) is 21.9 Å². The number of piperazine rings is 3. The van der Waals surface area contributed by atoms with Gasteiger partial charge in [-0.3, -0.25) is 19.4 Å². The van der Waals surface area contributed by atoms with Crippen LogP contribution in [-0.4, -0.2) is 66.9 Å². The summed E-state index contributed by atoms with van der Waals surface area (Å²) in [6.45, 7) is 6.13. The molecular formula is C13H18N4O2S. The van der Waals surface area contributed by atoms with E-state index in [0.717, 1.165) is 44.1 Å². The predicted molar refractivity (Wildman–Crippen MR) is 77.0 cm³/mol. The van der Waals surface area contributed by atoms with Crippen LogP contribution in [0.5, 0.6) is 0 Å². The van der Waals surface area contributed by atoms with Crippen LogP contribution in [0, 0.1) is 0 Å². The van der Waals surface area contributed by atoms with Crippen molar-refractivity contribution in [2.45, 2.75) is 6.04 Å². The molecule has 7 heteroatoms. The van der Waals surface area contributed by atoms with Crippen molar-refractivity contribution >= 4 is 23.2 Å². The van der Waals surface area contributed by atoms with Crippen molar-refractivity contribution in [2.75, 3.05) is 39.3 Å². The van der Waals surface area contributed by atoms with Crippen molar-refractivity contribution in [2.24, 2.45) is 5.73 Å². The molecule has 3 N–H and O–H groups in total. The van der Waals surface area contributed by atoms with Crippen molar-refractivity contribution in [1.29, 1.82) is 0 Å². The largest absolute Gasteiger partial charge is 0.365 e. The van der Waals surface area contributed by atoms with Gasteiger partial charge in [0.1, 0.15) is 0 Å². The third-order valence-corrected chi connectivity index (χ3v) is 5.06. The fourth-order valence-electron chi connectivity index (χ4n) is 2.81. The van der Waals surface area contributed by atoms with Crippen LogP contribution >= 0.6 is 11.3 Å². The fourth-order valence-corrected chi connectivity index (χ4v) is 3.58. The molecule has 0 spiro atoms. The highest BCUT2D eigenvalue weighted by molar-refractivity contribution is 7.15. The molecule has 2 amide bonds. The smallest absolute Gasteiger partial charge is 0.261 e. The Labute approximate surface area is 121 Å². The predicted octanol–water partition coefficient (Wildman–Crippen LogP) is -0.423. The summed E-state index contributed by atoms with van der Waals surface area (Å²) >= 11 is 1.14. The first-order valence-corrected chi connectivity index (χ1v) is 7.59. The Morgan fingerprint density at radius 1 is 1.25 bits per heavy atom. The summed E-state index contributed by atoms with van der Waals surface area (Å²) in [5.74, 6) is -0.613. The first-order chi connectivity index (χ1) is 9.63. The number of amides is 2. The molecule has 4 rings (SSSR count). The number of primary amides is 1. The normalized spacial score (nSPS) is 28.3. The Kier molecular flexibility index (Phi) is 3.73. The topological polar surface area (TPSA) is 78.7 Å². The molecule has 6 nitrogen and oxygen atoms in total. The maximum absolute atomic E-state index is 12.0. The van der Waals surface area contributed by atoms with E-state index >= 15 is 0 Å². The average molecular weight is 294 g/mol. The molecule has 1 unspecified atom stereocenters. The van der Waals surface area contributed by atoms with Gasteiger partial charge in [-0.1, -0.05) is 0 Å². The van der Waals surface area contributed by atoms with Crippen LogP contribution in [0.1, 0.15) is 19.3 Å².